The van der Waals surface area contributed by atoms with Gasteiger partial charge in [0.2, 0.25) is 0 Å². The topological polar surface area (TPSA) is 44.9 Å². The summed E-state index contributed by atoms with van der Waals surface area (Å²) in [7, 11) is 0. The highest BCUT2D eigenvalue weighted by molar-refractivity contribution is 5.88. The molecule has 1 heterocycles. The highest BCUT2D eigenvalue weighted by atomic mass is 16.1. The number of hydrogen-bond acceptors (Lipinski definition) is 2. The van der Waals surface area contributed by atoms with Crippen molar-refractivity contribution < 1.29 is 4.79 Å². The minimum atomic E-state index is -0.0768. The zero-order chi connectivity index (χ0) is 25.1. The summed E-state index contributed by atoms with van der Waals surface area (Å²) in [4.78, 5) is 17.4. The summed E-state index contributed by atoms with van der Waals surface area (Å²) < 4.78 is 0. The number of hydrogen-bond donors (Lipinski definition) is 2. The molecule has 2 atom stereocenters. The molecule has 0 spiro atoms. The second-order valence-electron chi connectivity index (χ2n) is 10.6. The van der Waals surface area contributed by atoms with E-state index in [0.29, 0.717) is 5.78 Å². The second-order valence-corrected chi connectivity index (χ2v) is 10.6. The predicted octanol–water partition coefficient (Wildman–Crippen LogP) is 9.16. The smallest absolute Gasteiger partial charge is 0.153 e. The molecule has 0 fully saturated rings. The Morgan fingerprint density at radius 3 is 2.03 bits per heavy atom. The van der Waals surface area contributed by atoms with Gasteiger partial charge in [0.05, 0.1) is 6.04 Å². The van der Waals surface area contributed by atoms with Gasteiger partial charge in [-0.15, -0.1) is 0 Å². The van der Waals surface area contributed by atoms with E-state index in [1.807, 2.05) is 0 Å². The van der Waals surface area contributed by atoms with Crippen LogP contribution in [0.1, 0.15) is 129 Å². The minimum absolute atomic E-state index is 0.0768. The molecule has 0 aliphatic heterocycles. The van der Waals surface area contributed by atoms with Crippen LogP contribution in [0.2, 0.25) is 0 Å². The fourth-order valence-corrected chi connectivity index (χ4v) is 5.32. The lowest BCUT2D eigenvalue weighted by atomic mass is 9.85. The van der Waals surface area contributed by atoms with Crippen LogP contribution in [0.5, 0.6) is 0 Å². The standard InChI is InChI=1S/C32H54N2O/c1-4-7-10-13-14-16-21-27(20-15-11-8-5-2)32(35)31(33-24-19-12-9-6-3)25-28-26-34-30-23-18-17-22-29(28)30/h17-18,22-23,26-27,31,33-34H,4-16,19-21,24-25H2,1-3H3. The van der Waals surface area contributed by atoms with Crippen molar-refractivity contribution in [2.24, 2.45) is 5.92 Å². The summed E-state index contributed by atoms with van der Waals surface area (Å²) in [6, 6.07) is 8.41. The third-order valence-electron chi connectivity index (χ3n) is 7.58. The summed E-state index contributed by atoms with van der Waals surface area (Å²) >= 11 is 0. The van der Waals surface area contributed by atoms with Crippen LogP contribution in [0, 0.1) is 5.92 Å². The summed E-state index contributed by atoms with van der Waals surface area (Å²) in [6.07, 6.45) is 22.7. The minimum Gasteiger partial charge on any atom is -0.361 e. The van der Waals surface area contributed by atoms with Gasteiger partial charge in [0.15, 0.2) is 5.78 Å². The van der Waals surface area contributed by atoms with E-state index < -0.39 is 0 Å². The molecule has 0 aliphatic carbocycles. The van der Waals surface area contributed by atoms with E-state index in [4.69, 9.17) is 0 Å². The largest absolute Gasteiger partial charge is 0.361 e. The first-order valence-electron chi connectivity index (χ1n) is 15.0. The van der Waals surface area contributed by atoms with Gasteiger partial charge < -0.3 is 10.3 Å². The number of fused-ring (bicyclic) bond motifs is 1. The van der Waals surface area contributed by atoms with E-state index in [1.54, 1.807) is 0 Å². The Hall–Kier alpha value is -1.61. The van der Waals surface area contributed by atoms with Crippen LogP contribution >= 0.6 is 0 Å². The Bertz CT molecular complexity index is 796. The number of aromatic amines is 1. The number of benzene rings is 1. The Morgan fingerprint density at radius 1 is 0.771 bits per heavy atom. The lowest BCUT2D eigenvalue weighted by Gasteiger charge is -2.24. The highest BCUT2D eigenvalue weighted by Gasteiger charge is 2.27. The van der Waals surface area contributed by atoms with Gasteiger partial charge in [-0.05, 0) is 43.9 Å². The monoisotopic (exact) mass is 482 g/mol. The molecule has 1 aromatic carbocycles. The van der Waals surface area contributed by atoms with E-state index in [0.717, 1.165) is 32.2 Å². The Morgan fingerprint density at radius 2 is 1.34 bits per heavy atom. The predicted molar refractivity (Wildman–Crippen MR) is 153 cm³/mol. The number of rotatable bonds is 22. The third-order valence-corrected chi connectivity index (χ3v) is 7.58. The van der Waals surface area contributed by atoms with E-state index in [2.05, 4.69) is 61.5 Å². The molecule has 2 N–H and O–H groups in total. The average molecular weight is 483 g/mol. The molecule has 3 nitrogen and oxygen atoms in total. The molecule has 0 saturated heterocycles. The summed E-state index contributed by atoms with van der Waals surface area (Å²) in [5.74, 6) is 0.673. The number of ketones is 1. The van der Waals surface area contributed by atoms with Crippen LogP contribution in [-0.2, 0) is 11.2 Å². The zero-order valence-corrected chi connectivity index (χ0v) is 23.2. The Kier molecular flexibility index (Phi) is 15.8. The van der Waals surface area contributed by atoms with Gasteiger partial charge in [-0.1, -0.05) is 122 Å². The average Bonchev–Trinajstić information content (AvgIpc) is 3.29. The Labute approximate surface area is 216 Å². The summed E-state index contributed by atoms with van der Waals surface area (Å²) in [5.41, 5.74) is 2.43. The van der Waals surface area contributed by atoms with Gasteiger partial charge in [0, 0.05) is 23.0 Å². The van der Waals surface area contributed by atoms with E-state index in [9.17, 15) is 4.79 Å². The van der Waals surface area contributed by atoms with Crippen LogP contribution in [0.15, 0.2) is 30.5 Å². The maximum Gasteiger partial charge on any atom is 0.153 e. The number of unbranched alkanes of at least 4 members (excludes halogenated alkanes) is 11. The molecule has 2 aromatic rings. The van der Waals surface area contributed by atoms with Crippen LogP contribution in [0.4, 0.5) is 0 Å². The maximum atomic E-state index is 14.0. The molecule has 0 aliphatic rings. The molecule has 0 saturated carbocycles. The van der Waals surface area contributed by atoms with Crippen molar-refractivity contribution in [3.63, 3.8) is 0 Å². The fraction of sp³-hybridized carbons (Fsp3) is 0.719. The molecule has 0 amide bonds. The number of H-pyrrole nitrogens is 1. The van der Waals surface area contributed by atoms with Crippen molar-refractivity contribution in [2.75, 3.05) is 6.54 Å². The number of carbonyl (C=O) groups excluding carboxylic acids is 1. The fourth-order valence-electron chi connectivity index (χ4n) is 5.32. The van der Waals surface area contributed by atoms with Gasteiger partial charge in [0.1, 0.15) is 0 Å². The number of aromatic nitrogens is 1. The van der Waals surface area contributed by atoms with Crippen LogP contribution < -0.4 is 5.32 Å². The molecular formula is C32H54N2O. The van der Waals surface area contributed by atoms with Crippen molar-refractivity contribution in [3.8, 4) is 0 Å². The van der Waals surface area contributed by atoms with Crippen LogP contribution in [0.3, 0.4) is 0 Å². The third kappa shape index (κ3) is 11.3. The van der Waals surface area contributed by atoms with Crippen molar-refractivity contribution in [1.82, 2.24) is 10.3 Å². The quantitative estimate of drug-likeness (QED) is 0.164. The van der Waals surface area contributed by atoms with Crippen LogP contribution in [-0.4, -0.2) is 23.4 Å². The molecule has 35 heavy (non-hydrogen) atoms. The van der Waals surface area contributed by atoms with Gasteiger partial charge in [-0.25, -0.2) is 0 Å². The van der Waals surface area contributed by atoms with E-state index in [-0.39, 0.29) is 12.0 Å². The normalized spacial score (nSPS) is 13.3. The molecule has 198 valence electrons. The molecule has 0 bridgehead atoms. The van der Waals surface area contributed by atoms with Crippen molar-refractivity contribution in [3.05, 3.63) is 36.0 Å². The number of Topliss-reactive ketones (excluding diaryl/α,β-unsaturated/α-hetero) is 1. The first kappa shape index (κ1) is 29.6. The first-order chi connectivity index (χ1) is 17.2. The number of para-hydroxylation sites is 1. The van der Waals surface area contributed by atoms with E-state index in [1.165, 1.54) is 99.9 Å². The Balaban J connectivity index is 2.06. The van der Waals surface area contributed by atoms with Gasteiger partial charge in [0.25, 0.3) is 0 Å². The van der Waals surface area contributed by atoms with Gasteiger partial charge in [-0.2, -0.15) is 0 Å². The lowest BCUT2D eigenvalue weighted by molar-refractivity contribution is -0.125. The van der Waals surface area contributed by atoms with Crippen molar-refractivity contribution in [1.29, 1.82) is 0 Å². The van der Waals surface area contributed by atoms with Crippen molar-refractivity contribution in [2.45, 2.75) is 136 Å². The molecule has 1 aromatic heterocycles. The van der Waals surface area contributed by atoms with Crippen molar-refractivity contribution >= 4 is 16.7 Å². The summed E-state index contributed by atoms with van der Waals surface area (Å²) in [5, 5.41) is 4.98. The van der Waals surface area contributed by atoms with Crippen LogP contribution in [0.25, 0.3) is 10.9 Å². The zero-order valence-electron chi connectivity index (χ0n) is 23.2. The first-order valence-corrected chi connectivity index (χ1v) is 15.0. The molecule has 2 rings (SSSR count). The molecule has 0 radical (unpaired) electrons. The number of carbonyl (C=O) groups is 1. The molecule has 2 unspecified atom stereocenters. The molecule has 3 heteroatoms. The summed E-state index contributed by atoms with van der Waals surface area (Å²) in [6.45, 7) is 7.73. The van der Waals surface area contributed by atoms with Gasteiger partial charge in [-0.3, -0.25) is 4.79 Å². The van der Waals surface area contributed by atoms with E-state index >= 15 is 0 Å². The highest BCUT2D eigenvalue weighted by Crippen LogP contribution is 2.24. The molecular weight excluding hydrogens is 428 g/mol. The lowest BCUT2D eigenvalue weighted by Crippen LogP contribution is -2.42. The second kappa shape index (κ2) is 18.6. The number of nitrogens with one attached hydrogen (secondary N) is 2. The van der Waals surface area contributed by atoms with Gasteiger partial charge >= 0.3 is 0 Å². The SMILES string of the molecule is CCCCCCCCC(CCCCCC)C(=O)C(Cc1c[nH]c2ccccc12)NCCCCCC. The maximum absolute atomic E-state index is 14.0.